The van der Waals surface area contributed by atoms with Crippen LogP contribution in [0.3, 0.4) is 0 Å². The minimum absolute atomic E-state index is 0.0969. The van der Waals surface area contributed by atoms with Crippen LogP contribution in [0.4, 0.5) is 0 Å². The number of hydrogen-bond donors (Lipinski definition) is 1. The third-order valence-electron chi connectivity index (χ3n) is 8.94. The highest BCUT2D eigenvalue weighted by atomic mass is 16.6. The van der Waals surface area contributed by atoms with Crippen LogP contribution >= 0.6 is 0 Å². The Morgan fingerprint density at radius 3 is 1.03 bits per heavy atom. The average molecular weight is 799 g/mol. The van der Waals surface area contributed by atoms with Crippen molar-refractivity contribution in [3.63, 3.8) is 0 Å². The number of unbranched alkanes of at least 4 members (excludes halogenated alkanes) is 9. The van der Waals surface area contributed by atoms with Gasteiger partial charge in [-0.3, -0.25) is 9.59 Å². The average Bonchev–Trinajstić information content (AvgIpc) is 3.23. The normalized spacial score (nSPS) is 13.5. The van der Waals surface area contributed by atoms with Crippen molar-refractivity contribution in [3.8, 4) is 0 Å². The molecule has 0 fully saturated rings. The summed E-state index contributed by atoms with van der Waals surface area (Å²) in [5.41, 5.74) is 0. The zero-order valence-electron chi connectivity index (χ0n) is 36.7. The topological polar surface area (TPSA) is 72.8 Å². The molecule has 1 atom stereocenters. The Labute approximate surface area is 355 Å². The molecular weight excluding hydrogens is 717 g/mol. The second kappa shape index (κ2) is 47.4. The minimum atomic E-state index is -0.805. The summed E-state index contributed by atoms with van der Waals surface area (Å²) in [6.07, 6.45) is 70.9. The Morgan fingerprint density at radius 2 is 0.690 bits per heavy atom. The van der Waals surface area contributed by atoms with Gasteiger partial charge in [-0.15, -0.1) is 0 Å². The molecule has 0 aliphatic carbocycles. The first-order valence-corrected chi connectivity index (χ1v) is 22.7. The van der Waals surface area contributed by atoms with Crippen LogP contribution in [0.5, 0.6) is 0 Å². The molecule has 1 unspecified atom stereocenters. The Kier molecular flexibility index (Phi) is 44.2. The van der Waals surface area contributed by atoms with E-state index in [1.165, 1.54) is 0 Å². The van der Waals surface area contributed by atoms with Crippen LogP contribution in [-0.4, -0.2) is 36.4 Å². The van der Waals surface area contributed by atoms with Gasteiger partial charge in [-0.05, 0) is 109 Å². The molecule has 0 saturated heterocycles. The van der Waals surface area contributed by atoms with Crippen molar-refractivity contribution in [2.45, 2.75) is 174 Å². The summed E-state index contributed by atoms with van der Waals surface area (Å²) in [6.45, 7) is 3.85. The van der Waals surface area contributed by atoms with Crippen LogP contribution in [0.2, 0.25) is 0 Å². The van der Waals surface area contributed by atoms with E-state index in [-0.39, 0.29) is 25.2 Å². The third kappa shape index (κ3) is 44.8. The number of aliphatic hydroxyl groups is 1. The summed E-state index contributed by atoms with van der Waals surface area (Å²) in [4.78, 5) is 24.4. The summed E-state index contributed by atoms with van der Waals surface area (Å²) >= 11 is 0. The lowest BCUT2D eigenvalue weighted by molar-refractivity contribution is -0.161. The zero-order chi connectivity index (χ0) is 42.1. The van der Waals surface area contributed by atoms with Crippen LogP contribution < -0.4 is 0 Å². The fourth-order valence-corrected chi connectivity index (χ4v) is 5.58. The van der Waals surface area contributed by atoms with Gasteiger partial charge in [0.2, 0.25) is 0 Å². The molecule has 0 aliphatic rings. The first-order chi connectivity index (χ1) is 28.6. The quantitative estimate of drug-likeness (QED) is 0.0381. The van der Waals surface area contributed by atoms with Gasteiger partial charge in [0.25, 0.3) is 0 Å². The van der Waals surface area contributed by atoms with E-state index in [1.807, 2.05) is 0 Å². The second-order valence-electron chi connectivity index (χ2n) is 14.4. The predicted molar refractivity (Wildman–Crippen MR) is 251 cm³/mol. The standard InChI is InChI=1S/C53H82O5/c1-3-5-7-9-11-13-15-17-19-21-23-25-26-28-30-32-34-36-38-40-42-44-46-48-53(56)58-51(49-54)50-57-52(55)47-45-43-41-39-37-35-33-31-29-27-24-22-20-18-16-14-12-10-8-6-4-2/h5-8,11-14,17-20,23-25,27-28,30-31,33-34,36,51,54H,3-4,9-10,15-16,21-22,26,29,32,35,37-50H2,1-2H3/b7-5-,8-6-,13-11-,14-12-,19-17-,20-18-,25-23-,27-24-,30-28-,33-31-,36-34-. The van der Waals surface area contributed by atoms with Crippen LogP contribution in [0.1, 0.15) is 168 Å². The van der Waals surface area contributed by atoms with Gasteiger partial charge in [-0.2, -0.15) is 0 Å². The molecular formula is C53H82O5. The van der Waals surface area contributed by atoms with E-state index < -0.39 is 6.10 Å². The lowest BCUT2D eigenvalue weighted by Crippen LogP contribution is -2.28. The van der Waals surface area contributed by atoms with Crippen molar-refractivity contribution in [1.82, 2.24) is 0 Å². The molecule has 0 bridgehead atoms. The van der Waals surface area contributed by atoms with E-state index in [9.17, 15) is 14.7 Å². The third-order valence-corrected chi connectivity index (χ3v) is 8.94. The maximum atomic E-state index is 12.2. The first-order valence-electron chi connectivity index (χ1n) is 22.7. The Bertz CT molecular complexity index is 1270. The molecule has 0 aromatic carbocycles. The second-order valence-corrected chi connectivity index (χ2v) is 14.4. The van der Waals surface area contributed by atoms with E-state index in [0.29, 0.717) is 12.8 Å². The van der Waals surface area contributed by atoms with Gasteiger partial charge in [0.1, 0.15) is 6.61 Å². The number of ether oxygens (including phenoxy) is 2. The van der Waals surface area contributed by atoms with Crippen LogP contribution in [-0.2, 0) is 19.1 Å². The summed E-state index contributed by atoms with van der Waals surface area (Å²) in [5, 5.41) is 9.60. The Hall–Kier alpha value is -3.96. The van der Waals surface area contributed by atoms with E-state index in [2.05, 4.69) is 148 Å². The lowest BCUT2D eigenvalue weighted by Gasteiger charge is -2.15. The summed E-state index contributed by atoms with van der Waals surface area (Å²) in [5.74, 6) is -0.656. The van der Waals surface area contributed by atoms with Crippen molar-refractivity contribution in [2.75, 3.05) is 13.2 Å². The molecule has 5 heteroatoms. The molecule has 0 aromatic heterocycles. The van der Waals surface area contributed by atoms with Gasteiger partial charge < -0.3 is 14.6 Å². The number of rotatable bonds is 39. The van der Waals surface area contributed by atoms with Gasteiger partial charge in [0, 0.05) is 12.8 Å². The molecule has 0 rings (SSSR count). The summed E-state index contributed by atoms with van der Waals surface area (Å²) < 4.78 is 10.6. The van der Waals surface area contributed by atoms with Crippen molar-refractivity contribution < 1.29 is 24.2 Å². The number of carbonyl (C=O) groups excluding carboxylic acids is 2. The molecule has 0 spiro atoms. The largest absolute Gasteiger partial charge is 0.462 e. The van der Waals surface area contributed by atoms with Crippen molar-refractivity contribution in [1.29, 1.82) is 0 Å². The maximum Gasteiger partial charge on any atom is 0.306 e. The lowest BCUT2D eigenvalue weighted by atomic mass is 10.1. The molecule has 5 nitrogen and oxygen atoms in total. The van der Waals surface area contributed by atoms with Crippen molar-refractivity contribution in [2.24, 2.45) is 0 Å². The minimum Gasteiger partial charge on any atom is -0.462 e. The fraction of sp³-hybridized carbons (Fsp3) is 0.547. The van der Waals surface area contributed by atoms with Crippen LogP contribution in [0, 0.1) is 0 Å². The van der Waals surface area contributed by atoms with E-state index in [1.54, 1.807) is 0 Å². The highest BCUT2D eigenvalue weighted by Crippen LogP contribution is 2.11. The Balaban J connectivity index is 3.70. The zero-order valence-corrected chi connectivity index (χ0v) is 36.7. The fourth-order valence-electron chi connectivity index (χ4n) is 5.58. The molecule has 0 saturated carbocycles. The SMILES string of the molecule is CC/C=C\C/C=C\C/C=C\C/C=C\C/C=C\C/C=C\CCCCCCC(=O)OC(CO)COC(=O)CCCCCCC/C=C\C/C=C\C/C=C\C/C=C\C/C=C\CC. The first kappa shape index (κ1) is 54.0. The van der Waals surface area contributed by atoms with Gasteiger partial charge in [-0.1, -0.05) is 180 Å². The van der Waals surface area contributed by atoms with E-state index in [0.717, 1.165) is 141 Å². The maximum absolute atomic E-state index is 12.2. The smallest absolute Gasteiger partial charge is 0.306 e. The molecule has 0 amide bonds. The highest BCUT2D eigenvalue weighted by Gasteiger charge is 2.16. The van der Waals surface area contributed by atoms with Crippen molar-refractivity contribution >= 4 is 11.9 Å². The molecule has 0 aliphatic heterocycles. The Morgan fingerprint density at radius 1 is 0.397 bits per heavy atom. The molecule has 1 N–H and O–H groups in total. The number of carbonyl (C=O) groups is 2. The number of hydrogen-bond acceptors (Lipinski definition) is 5. The van der Waals surface area contributed by atoms with Crippen LogP contribution in [0.15, 0.2) is 134 Å². The molecule has 58 heavy (non-hydrogen) atoms. The highest BCUT2D eigenvalue weighted by molar-refractivity contribution is 5.70. The summed E-state index contributed by atoms with van der Waals surface area (Å²) in [6, 6.07) is 0. The summed E-state index contributed by atoms with van der Waals surface area (Å²) in [7, 11) is 0. The number of allylic oxidation sites excluding steroid dienone is 22. The molecule has 0 radical (unpaired) electrons. The number of aliphatic hydroxyl groups excluding tert-OH is 1. The van der Waals surface area contributed by atoms with Crippen LogP contribution in [0.25, 0.3) is 0 Å². The van der Waals surface area contributed by atoms with E-state index >= 15 is 0 Å². The van der Waals surface area contributed by atoms with E-state index in [4.69, 9.17) is 9.47 Å². The van der Waals surface area contributed by atoms with Crippen molar-refractivity contribution in [3.05, 3.63) is 134 Å². The predicted octanol–water partition coefficient (Wildman–Crippen LogP) is 15.0. The van der Waals surface area contributed by atoms with Gasteiger partial charge >= 0.3 is 11.9 Å². The monoisotopic (exact) mass is 799 g/mol. The van der Waals surface area contributed by atoms with Gasteiger partial charge in [0.05, 0.1) is 6.61 Å². The number of esters is 2. The van der Waals surface area contributed by atoms with Gasteiger partial charge in [-0.25, -0.2) is 0 Å². The van der Waals surface area contributed by atoms with Gasteiger partial charge in [0.15, 0.2) is 6.10 Å². The molecule has 324 valence electrons. The molecule has 0 aromatic rings. The molecule has 0 heterocycles.